The molecular weight excluding hydrogens is 366 g/mol. The highest BCUT2D eigenvalue weighted by molar-refractivity contribution is 7.08. The summed E-state index contributed by atoms with van der Waals surface area (Å²) in [7, 11) is 0. The van der Waals surface area contributed by atoms with Crippen LogP contribution in [-0.4, -0.2) is 31.1 Å². The lowest BCUT2D eigenvalue weighted by atomic mass is 9.98. The first-order valence-corrected chi connectivity index (χ1v) is 8.48. The van der Waals surface area contributed by atoms with Crippen molar-refractivity contribution in [1.82, 2.24) is 10.2 Å². The van der Waals surface area contributed by atoms with E-state index in [0.717, 1.165) is 31.7 Å². The molecule has 2 heterocycles. The standard InChI is InChI=1S/C15H15Cl2FN2S.ClH/c16-11-1-2-12(17)14(18)13(11)15(10-3-8-21-9-10)20-6-4-19-5-7-20;/h1-3,8-9,15,19H,4-7H2;1H/t15-;/m0./s1. The molecule has 0 unspecified atom stereocenters. The summed E-state index contributed by atoms with van der Waals surface area (Å²) in [6, 6.07) is 5.01. The van der Waals surface area contributed by atoms with E-state index in [9.17, 15) is 4.39 Å². The number of thiophene rings is 1. The van der Waals surface area contributed by atoms with Crippen molar-refractivity contribution in [1.29, 1.82) is 0 Å². The molecule has 0 bridgehead atoms. The second kappa shape index (κ2) is 7.95. The van der Waals surface area contributed by atoms with Crippen LogP contribution in [0.1, 0.15) is 17.2 Å². The van der Waals surface area contributed by atoms with Gasteiger partial charge in [-0.05, 0) is 34.5 Å². The zero-order chi connectivity index (χ0) is 14.8. The smallest absolute Gasteiger partial charge is 0.148 e. The van der Waals surface area contributed by atoms with Gasteiger partial charge in [0.25, 0.3) is 0 Å². The molecule has 22 heavy (non-hydrogen) atoms. The van der Waals surface area contributed by atoms with E-state index in [2.05, 4.69) is 10.2 Å². The fourth-order valence-corrected chi connectivity index (χ4v) is 3.82. The minimum atomic E-state index is -0.418. The van der Waals surface area contributed by atoms with Gasteiger partial charge in [0.2, 0.25) is 0 Å². The molecule has 1 N–H and O–H groups in total. The third kappa shape index (κ3) is 3.58. The molecule has 1 aromatic carbocycles. The van der Waals surface area contributed by atoms with Gasteiger partial charge in [0, 0.05) is 36.8 Å². The Balaban J connectivity index is 0.00000176. The SMILES string of the molecule is Cl.Fc1c(Cl)ccc(Cl)c1[C@H](c1ccsc1)N1CCNCC1. The van der Waals surface area contributed by atoms with Crippen LogP contribution >= 0.6 is 46.9 Å². The maximum Gasteiger partial charge on any atom is 0.148 e. The van der Waals surface area contributed by atoms with Crippen LogP contribution in [0, 0.1) is 5.82 Å². The summed E-state index contributed by atoms with van der Waals surface area (Å²) in [6.07, 6.45) is 0. The van der Waals surface area contributed by atoms with Crippen molar-refractivity contribution in [2.75, 3.05) is 26.2 Å². The first-order chi connectivity index (χ1) is 10.2. The molecule has 1 saturated heterocycles. The fourth-order valence-electron chi connectivity index (χ4n) is 2.72. The zero-order valence-corrected chi connectivity index (χ0v) is 14.8. The monoisotopic (exact) mass is 380 g/mol. The van der Waals surface area contributed by atoms with Gasteiger partial charge in [-0.1, -0.05) is 23.2 Å². The maximum absolute atomic E-state index is 14.6. The minimum Gasteiger partial charge on any atom is -0.314 e. The van der Waals surface area contributed by atoms with Gasteiger partial charge in [-0.25, -0.2) is 4.39 Å². The van der Waals surface area contributed by atoms with Gasteiger partial charge in [0.1, 0.15) is 5.82 Å². The summed E-state index contributed by atoms with van der Waals surface area (Å²) in [4.78, 5) is 2.25. The normalized spacial score (nSPS) is 17.0. The summed E-state index contributed by atoms with van der Waals surface area (Å²) in [6.45, 7) is 3.48. The number of halogens is 4. The second-order valence-electron chi connectivity index (χ2n) is 5.00. The zero-order valence-electron chi connectivity index (χ0n) is 11.7. The molecule has 0 saturated carbocycles. The molecule has 1 atom stereocenters. The average molecular weight is 382 g/mol. The van der Waals surface area contributed by atoms with Crippen molar-refractivity contribution in [3.05, 3.63) is 55.9 Å². The van der Waals surface area contributed by atoms with Crippen LogP contribution in [0.3, 0.4) is 0 Å². The van der Waals surface area contributed by atoms with Crippen LogP contribution in [0.2, 0.25) is 10.0 Å². The van der Waals surface area contributed by atoms with Gasteiger partial charge in [0.15, 0.2) is 0 Å². The molecular formula is C15H16Cl3FN2S. The van der Waals surface area contributed by atoms with Crippen LogP contribution in [0.15, 0.2) is 29.0 Å². The highest BCUT2D eigenvalue weighted by Crippen LogP contribution is 2.38. The summed E-state index contributed by atoms with van der Waals surface area (Å²) in [5.41, 5.74) is 1.54. The van der Waals surface area contributed by atoms with E-state index in [1.54, 1.807) is 17.4 Å². The van der Waals surface area contributed by atoms with Crippen molar-refractivity contribution >= 4 is 46.9 Å². The van der Waals surface area contributed by atoms with Crippen molar-refractivity contribution in [3.8, 4) is 0 Å². The summed E-state index contributed by atoms with van der Waals surface area (Å²) >= 11 is 13.9. The van der Waals surface area contributed by atoms with E-state index in [1.807, 2.05) is 16.8 Å². The molecule has 1 aromatic heterocycles. The molecule has 0 radical (unpaired) electrons. The number of piperazine rings is 1. The molecule has 2 aromatic rings. The molecule has 3 rings (SSSR count). The number of nitrogens with one attached hydrogen (secondary N) is 1. The minimum absolute atomic E-state index is 0. The number of rotatable bonds is 3. The fraction of sp³-hybridized carbons (Fsp3) is 0.333. The number of hydrogen-bond donors (Lipinski definition) is 1. The van der Waals surface area contributed by atoms with E-state index >= 15 is 0 Å². The highest BCUT2D eigenvalue weighted by atomic mass is 35.5. The first-order valence-electron chi connectivity index (χ1n) is 6.78. The predicted octanol–water partition coefficient (Wildman–Crippen LogP) is 4.61. The third-order valence-corrected chi connectivity index (χ3v) is 5.05. The molecule has 2 nitrogen and oxygen atoms in total. The highest BCUT2D eigenvalue weighted by Gasteiger charge is 2.29. The van der Waals surface area contributed by atoms with E-state index in [4.69, 9.17) is 23.2 Å². The number of hydrogen-bond acceptors (Lipinski definition) is 3. The molecule has 1 fully saturated rings. The number of benzene rings is 1. The Morgan fingerprint density at radius 3 is 2.45 bits per heavy atom. The van der Waals surface area contributed by atoms with Crippen molar-refractivity contribution in [3.63, 3.8) is 0 Å². The Hall–Kier alpha value is -0.360. The van der Waals surface area contributed by atoms with Gasteiger partial charge in [-0.2, -0.15) is 11.3 Å². The van der Waals surface area contributed by atoms with E-state index < -0.39 is 5.82 Å². The van der Waals surface area contributed by atoms with E-state index in [-0.39, 0.29) is 23.5 Å². The van der Waals surface area contributed by atoms with Gasteiger partial charge in [0.05, 0.1) is 11.1 Å². The van der Waals surface area contributed by atoms with Crippen LogP contribution < -0.4 is 5.32 Å². The Morgan fingerprint density at radius 2 is 1.82 bits per heavy atom. The van der Waals surface area contributed by atoms with Crippen molar-refractivity contribution in [2.24, 2.45) is 0 Å². The van der Waals surface area contributed by atoms with Crippen LogP contribution in [-0.2, 0) is 0 Å². The molecule has 0 aliphatic carbocycles. The molecule has 1 aliphatic rings. The summed E-state index contributed by atoms with van der Waals surface area (Å²) in [5.74, 6) is -0.418. The summed E-state index contributed by atoms with van der Waals surface area (Å²) < 4.78 is 14.6. The molecule has 1 aliphatic heterocycles. The predicted molar refractivity (Wildman–Crippen MR) is 94.3 cm³/mol. The lowest BCUT2D eigenvalue weighted by Gasteiger charge is -2.35. The molecule has 0 amide bonds. The Morgan fingerprint density at radius 1 is 1.14 bits per heavy atom. The Labute approximate surface area is 149 Å². The van der Waals surface area contributed by atoms with Crippen LogP contribution in [0.4, 0.5) is 4.39 Å². The van der Waals surface area contributed by atoms with Gasteiger partial charge in [-0.15, -0.1) is 12.4 Å². The van der Waals surface area contributed by atoms with E-state index in [1.165, 1.54) is 6.07 Å². The quantitative estimate of drug-likeness (QED) is 0.781. The van der Waals surface area contributed by atoms with Crippen molar-refractivity contribution in [2.45, 2.75) is 6.04 Å². The van der Waals surface area contributed by atoms with Gasteiger partial charge in [-0.3, -0.25) is 4.90 Å². The first kappa shape index (κ1) is 18.0. The maximum atomic E-state index is 14.6. The lowest BCUT2D eigenvalue weighted by molar-refractivity contribution is 0.196. The van der Waals surface area contributed by atoms with Gasteiger partial charge < -0.3 is 5.32 Å². The topological polar surface area (TPSA) is 15.3 Å². The Bertz CT molecular complexity index is 616. The van der Waals surface area contributed by atoms with Crippen LogP contribution in [0.5, 0.6) is 0 Å². The lowest BCUT2D eigenvalue weighted by Crippen LogP contribution is -2.45. The average Bonchev–Trinajstić information content (AvgIpc) is 3.02. The molecule has 0 spiro atoms. The van der Waals surface area contributed by atoms with Crippen LogP contribution in [0.25, 0.3) is 0 Å². The largest absolute Gasteiger partial charge is 0.314 e. The van der Waals surface area contributed by atoms with E-state index in [0.29, 0.717) is 10.6 Å². The van der Waals surface area contributed by atoms with Gasteiger partial charge >= 0.3 is 0 Å². The molecule has 120 valence electrons. The third-order valence-electron chi connectivity index (χ3n) is 3.73. The molecule has 7 heteroatoms. The second-order valence-corrected chi connectivity index (χ2v) is 6.60. The van der Waals surface area contributed by atoms with Crippen molar-refractivity contribution < 1.29 is 4.39 Å². The number of nitrogens with zero attached hydrogens (tertiary/aromatic N) is 1. The Kier molecular flexibility index (Phi) is 6.50. The summed E-state index contributed by atoms with van der Waals surface area (Å²) in [5, 5.41) is 7.90.